The second-order valence-corrected chi connectivity index (χ2v) is 8.92. The van der Waals surface area contributed by atoms with E-state index in [1.807, 2.05) is 39.1 Å². The molecule has 0 fully saturated rings. The minimum absolute atomic E-state index is 0.493. The highest BCUT2D eigenvalue weighted by atomic mass is 32.2. The summed E-state index contributed by atoms with van der Waals surface area (Å²) < 4.78 is 28.0. The molecule has 1 aromatic heterocycles. The number of thiophene rings is 1. The Bertz CT molecular complexity index is 808. The molecule has 0 saturated heterocycles. The first-order valence-electron chi connectivity index (χ1n) is 7.45. The van der Waals surface area contributed by atoms with Crippen molar-refractivity contribution < 1.29 is 8.42 Å². The average Bonchev–Trinajstić information content (AvgIpc) is 2.92. The lowest BCUT2D eigenvalue weighted by atomic mass is 10.0. The summed E-state index contributed by atoms with van der Waals surface area (Å²) in [6.07, 6.45) is 0.815. The van der Waals surface area contributed by atoms with Gasteiger partial charge in [0.25, 0.3) is 0 Å². The Labute approximate surface area is 136 Å². The molecule has 2 heterocycles. The maximum Gasteiger partial charge on any atom is 0.243 e. The number of rotatable bonds is 2. The lowest BCUT2D eigenvalue weighted by Crippen LogP contribution is -2.36. The summed E-state index contributed by atoms with van der Waals surface area (Å²) in [6, 6.07) is 4.11. The van der Waals surface area contributed by atoms with Gasteiger partial charge in [0.2, 0.25) is 10.0 Å². The summed E-state index contributed by atoms with van der Waals surface area (Å²) in [5, 5.41) is 2.05. The molecule has 0 unspecified atom stereocenters. The molecule has 1 aliphatic heterocycles. The molecule has 1 aliphatic rings. The van der Waals surface area contributed by atoms with Crippen LogP contribution >= 0.6 is 11.3 Å². The Hall–Kier alpha value is -1.17. The molecule has 118 valence electrons. The molecular formula is C17H21NO2S2. The molecule has 1 aromatic carbocycles. The SMILES string of the molecule is Cc1cc(C)c(C)c(S(=O)(=O)N2CCc3sccc3C2)c1C. The highest BCUT2D eigenvalue weighted by Crippen LogP contribution is 2.32. The fourth-order valence-electron chi connectivity index (χ4n) is 3.12. The van der Waals surface area contributed by atoms with Crippen molar-refractivity contribution in [2.24, 2.45) is 0 Å². The van der Waals surface area contributed by atoms with Gasteiger partial charge >= 0.3 is 0 Å². The monoisotopic (exact) mass is 335 g/mol. The van der Waals surface area contributed by atoms with Crippen molar-refractivity contribution in [2.45, 2.75) is 45.6 Å². The van der Waals surface area contributed by atoms with Gasteiger partial charge in [-0.1, -0.05) is 6.07 Å². The lowest BCUT2D eigenvalue weighted by Gasteiger charge is -2.28. The van der Waals surface area contributed by atoms with E-state index in [1.165, 1.54) is 4.88 Å². The average molecular weight is 335 g/mol. The number of benzene rings is 1. The summed E-state index contributed by atoms with van der Waals surface area (Å²) in [7, 11) is -3.45. The van der Waals surface area contributed by atoms with E-state index in [1.54, 1.807) is 15.6 Å². The van der Waals surface area contributed by atoms with Crippen molar-refractivity contribution in [3.8, 4) is 0 Å². The second kappa shape index (κ2) is 5.48. The van der Waals surface area contributed by atoms with E-state index in [4.69, 9.17) is 0 Å². The van der Waals surface area contributed by atoms with E-state index in [0.29, 0.717) is 18.0 Å². The molecule has 3 rings (SSSR count). The summed E-state index contributed by atoms with van der Waals surface area (Å²) in [5.74, 6) is 0. The van der Waals surface area contributed by atoms with E-state index in [-0.39, 0.29) is 0 Å². The molecule has 0 spiro atoms. The lowest BCUT2D eigenvalue weighted by molar-refractivity contribution is 0.393. The molecule has 22 heavy (non-hydrogen) atoms. The first kappa shape index (κ1) is 15.7. The molecule has 2 aromatic rings. The fourth-order valence-corrected chi connectivity index (χ4v) is 6.01. The maximum absolute atomic E-state index is 13.2. The van der Waals surface area contributed by atoms with Crippen LogP contribution in [-0.2, 0) is 23.0 Å². The molecule has 0 saturated carbocycles. The smallest absolute Gasteiger partial charge is 0.207 e. The van der Waals surface area contributed by atoms with Crippen molar-refractivity contribution in [2.75, 3.05) is 6.54 Å². The molecule has 3 nitrogen and oxygen atoms in total. The van der Waals surface area contributed by atoms with Crippen LogP contribution in [0.1, 0.15) is 32.7 Å². The zero-order valence-electron chi connectivity index (χ0n) is 13.4. The molecule has 0 bridgehead atoms. The van der Waals surface area contributed by atoms with Crippen LogP contribution in [0.15, 0.2) is 22.4 Å². The van der Waals surface area contributed by atoms with E-state index in [0.717, 1.165) is 34.2 Å². The van der Waals surface area contributed by atoms with Crippen molar-refractivity contribution in [3.05, 3.63) is 50.2 Å². The third-order valence-electron chi connectivity index (χ3n) is 4.67. The summed E-state index contributed by atoms with van der Waals surface area (Å²) in [4.78, 5) is 1.82. The highest BCUT2D eigenvalue weighted by Gasteiger charge is 2.31. The van der Waals surface area contributed by atoms with Crippen LogP contribution in [0.2, 0.25) is 0 Å². The Balaban J connectivity index is 2.09. The van der Waals surface area contributed by atoms with E-state index in [9.17, 15) is 8.42 Å². The summed E-state index contributed by atoms with van der Waals surface area (Å²) in [5.41, 5.74) is 4.97. The summed E-state index contributed by atoms with van der Waals surface area (Å²) in [6.45, 7) is 8.85. The van der Waals surface area contributed by atoms with Gasteiger partial charge in [-0.2, -0.15) is 4.31 Å². The van der Waals surface area contributed by atoms with Gasteiger partial charge in [0, 0.05) is 18.0 Å². The molecule has 0 radical (unpaired) electrons. The Morgan fingerprint density at radius 2 is 1.73 bits per heavy atom. The molecule has 0 atom stereocenters. The van der Waals surface area contributed by atoms with Crippen molar-refractivity contribution >= 4 is 21.4 Å². The van der Waals surface area contributed by atoms with Crippen molar-refractivity contribution in [3.63, 3.8) is 0 Å². The summed E-state index contributed by atoms with van der Waals surface area (Å²) >= 11 is 1.72. The van der Waals surface area contributed by atoms with Gasteiger partial charge < -0.3 is 0 Å². The fraction of sp³-hybridized carbons (Fsp3) is 0.412. The van der Waals surface area contributed by atoms with Crippen LogP contribution in [0.25, 0.3) is 0 Å². The van der Waals surface area contributed by atoms with Crippen LogP contribution in [0.5, 0.6) is 0 Å². The number of aryl methyl sites for hydroxylation is 2. The first-order valence-corrected chi connectivity index (χ1v) is 9.77. The largest absolute Gasteiger partial charge is 0.243 e. The predicted molar refractivity (Wildman–Crippen MR) is 91.0 cm³/mol. The van der Waals surface area contributed by atoms with Gasteiger partial charge in [0.1, 0.15) is 0 Å². The third-order valence-corrected chi connectivity index (χ3v) is 7.81. The molecule has 0 aliphatic carbocycles. The number of nitrogens with zero attached hydrogens (tertiary/aromatic N) is 1. The number of sulfonamides is 1. The van der Waals surface area contributed by atoms with Crippen LogP contribution in [0.4, 0.5) is 0 Å². The third kappa shape index (κ3) is 2.41. The molecule has 0 N–H and O–H groups in total. The van der Waals surface area contributed by atoms with Gasteiger partial charge in [-0.05, 0) is 73.4 Å². The number of hydrogen-bond donors (Lipinski definition) is 0. The standard InChI is InChI=1S/C17H21NO2S2/c1-11-9-12(2)14(4)17(13(11)3)22(19,20)18-7-5-16-15(10-18)6-8-21-16/h6,8-9H,5,7,10H2,1-4H3. The van der Waals surface area contributed by atoms with Crippen LogP contribution in [0, 0.1) is 27.7 Å². The number of hydrogen-bond acceptors (Lipinski definition) is 3. The molecule has 5 heteroatoms. The normalized spacial score (nSPS) is 15.8. The van der Waals surface area contributed by atoms with Gasteiger partial charge in [0.15, 0.2) is 0 Å². The molecular weight excluding hydrogens is 314 g/mol. The maximum atomic E-state index is 13.2. The Morgan fingerprint density at radius 1 is 1.09 bits per heavy atom. The van der Waals surface area contributed by atoms with Gasteiger partial charge in [-0.15, -0.1) is 11.3 Å². The Morgan fingerprint density at radius 3 is 2.36 bits per heavy atom. The minimum Gasteiger partial charge on any atom is -0.207 e. The van der Waals surface area contributed by atoms with Crippen LogP contribution in [0.3, 0.4) is 0 Å². The van der Waals surface area contributed by atoms with Gasteiger partial charge in [0.05, 0.1) is 4.90 Å². The Kier molecular flexibility index (Phi) is 3.91. The van der Waals surface area contributed by atoms with Crippen LogP contribution in [-0.4, -0.2) is 19.3 Å². The van der Waals surface area contributed by atoms with E-state index < -0.39 is 10.0 Å². The zero-order valence-corrected chi connectivity index (χ0v) is 15.1. The van der Waals surface area contributed by atoms with Crippen molar-refractivity contribution in [1.82, 2.24) is 4.31 Å². The van der Waals surface area contributed by atoms with E-state index >= 15 is 0 Å². The van der Waals surface area contributed by atoms with E-state index in [2.05, 4.69) is 6.07 Å². The quantitative estimate of drug-likeness (QED) is 0.838. The first-order chi connectivity index (χ1) is 10.3. The highest BCUT2D eigenvalue weighted by molar-refractivity contribution is 7.89. The van der Waals surface area contributed by atoms with Gasteiger partial charge in [-0.3, -0.25) is 0 Å². The topological polar surface area (TPSA) is 37.4 Å². The van der Waals surface area contributed by atoms with Gasteiger partial charge in [-0.25, -0.2) is 8.42 Å². The second-order valence-electron chi connectivity index (χ2n) is 6.05. The van der Waals surface area contributed by atoms with Crippen molar-refractivity contribution in [1.29, 1.82) is 0 Å². The molecule has 0 amide bonds. The predicted octanol–water partition coefficient (Wildman–Crippen LogP) is 3.73. The number of fused-ring (bicyclic) bond motifs is 1. The van der Waals surface area contributed by atoms with Crippen LogP contribution < -0.4 is 0 Å². The zero-order chi connectivity index (χ0) is 16.1. The minimum atomic E-state index is -3.45.